The van der Waals surface area contributed by atoms with Gasteiger partial charge in [0.05, 0.1) is 11.3 Å². The number of nitrogen functional groups attached to an aromatic ring is 1. The minimum absolute atomic E-state index is 0.269. The number of rotatable bonds is 1. The van der Waals surface area contributed by atoms with Gasteiger partial charge in [-0.25, -0.2) is 0 Å². The summed E-state index contributed by atoms with van der Waals surface area (Å²) in [6, 6.07) is 2.37. The van der Waals surface area contributed by atoms with Gasteiger partial charge < -0.3 is 5.73 Å². The summed E-state index contributed by atoms with van der Waals surface area (Å²) in [5.74, 6) is 0. The second-order valence-corrected chi connectivity index (χ2v) is 3.99. The highest BCUT2D eigenvalue weighted by molar-refractivity contribution is 9.11. The predicted molar refractivity (Wildman–Crippen MR) is 56.2 cm³/mol. The van der Waals surface area contributed by atoms with Crippen molar-refractivity contribution in [2.45, 2.75) is 11.5 Å². The summed E-state index contributed by atoms with van der Waals surface area (Å²) in [5.41, 5.74) is 4.97. The Morgan fingerprint density at radius 3 is 2.29 bits per heavy atom. The summed E-state index contributed by atoms with van der Waals surface area (Å²) in [7, 11) is 0. The quantitative estimate of drug-likeness (QED) is 0.611. The van der Waals surface area contributed by atoms with Gasteiger partial charge in [-0.1, -0.05) is 22.0 Å². The van der Waals surface area contributed by atoms with Crippen LogP contribution in [0.3, 0.4) is 0 Å². The Kier molecular flexibility index (Phi) is 3.47. The maximum Gasteiger partial charge on any atom is 0.418 e. The smallest absolute Gasteiger partial charge is 0.397 e. The first kappa shape index (κ1) is 11.8. The zero-order chi connectivity index (χ0) is 10.9. The molecule has 1 nitrogen and oxygen atoms in total. The Balaban J connectivity index is 3.31. The molecule has 0 aliphatic rings. The van der Waals surface area contributed by atoms with Crippen LogP contribution >= 0.6 is 31.9 Å². The van der Waals surface area contributed by atoms with Gasteiger partial charge in [0, 0.05) is 9.80 Å². The van der Waals surface area contributed by atoms with E-state index in [2.05, 4.69) is 31.9 Å². The van der Waals surface area contributed by atoms with Crippen molar-refractivity contribution < 1.29 is 13.2 Å². The second-order valence-electron chi connectivity index (χ2n) is 2.63. The highest BCUT2D eigenvalue weighted by Gasteiger charge is 2.33. The minimum Gasteiger partial charge on any atom is -0.397 e. The van der Waals surface area contributed by atoms with Crippen molar-refractivity contribution in [1.29, 1.82) is 0 Å². The molecule has 0 saturated carbocycles. The van der Waals surface area contributed by atoms with Crippen molar-refractivity contribution in [3.63, 3.8) is 0 Å². The molecule has 0 heterocycles. The fraction of sp³-hybridized carbons (Fsp3) is 0.250. The molecule has 0 aromatic heterocycles. The van der Waals surface area contributed by atoms with Crippen molar-refractivity contribution in [3.8, 4) is 0 Å². The summed E-state index contributed by atoms with van der Waals surface area (Å²) < 4.78 is 37.4. The van der Waals surface area contributed by atoms with E-state index in [4.69, 9.17) is 5.73 Å². The van der Waals surface area contributed by atoms with Crippen LogP contribution in [-0.4, -0.2) is 0 Å². The second kappa shape index (κ2) is 4.10. The van der Waals surface area contributed by atoms with Crippen molar-refractivity contribution in [2.24, 2.45) is 0 Å². The normalized spacial score (nSPS) is 11.8. The van der Waals surface area contributed by atoms with Crippen LogP contribution in [0.15, 0.2) is 16.6 Å². The lowest BCUT2D eigenvalue weighted by atomic mass is 10.1. The molecule has 14 heavy (non-hydrogen) atoms. The van der Waals surface area contributed by atoms with Crippen LogP contribution in [0.2, 0.25) is 0 Å². The maximum absolute atomic E-state index is 12.4. The Hall–Kier alpha value is -0.230. The maximum atomic E-state index is 12.4. The van der Waals surface area contributed by atoms with Crippen LogP contribution in [0, 0.1) is 0 Å². The Morgan fingerprint density at radius 1 is 1.29 bits per heavy atom. The molecular weight excluding hydrogens is 327 g/mol. The van der Waals surface area contributed by atoms with Crippen LogP contribution in [0.4, 0.5) is 18.9 Å². The van der Waals surface area contributed by atoms with Gasteiger partial charge >= 0.3 is 6.18 Å². The molecule has 0 atom stereocenters. The fourth-order valence-electron chi connectivity index (χ4n) is 0.988. The molecular formula is C8H6Br2F3N. The highest BCUT2D eigenvalue weighted by Crippen LogP contribution is 2.38. The summed E-state index contributed by atoms with van der Waals surface area (Å²) in [6.07, 6.45) is -4.41. The number of nitrogens with two attached hydrogens (primary N) is 1. The molecule has 0 unspecified atom stereocenters. The number of anilines is 1. The molecule has 6 heteroatoms. The molecule has 1 aromatic rings. The van der Waals surface area contributed by atoms with Crippen LogP contribution in [0.5, 0.6) is 0 Å². The average molecular weight is 333 g/mol. The average Bonchev–Trinajstić information content (AvgIpc) is 2.07. The number of hydrogen-bond donors (Lipinski definition) is 1. The largest absolute Gasteiger partial charge is 0.418 e. The number of halogens is 5. The molecule has 0 aliphatic carbocycles. The Morgan fingerprint density at radius 2 is 1.86 bits per heavy atom. The minimum atomic E-state index is -4.41. The molecule has 2 N–H and O–H groups in total. The molecule has 0 saturated heterocycles. The van der Waals surface area contributed by atoms with Gasteiger partial charge in [0.2, 0.25) is 0 Å². The van der Waals surface area contributed by atoms with Gasteiger partial charge in [-0.3, -0.25) is 0 Å². The molecule has 1 rings (SSSR count). The van der Waals surface area contributed by atoms with Crippen molar-refractivity contribution >= 4 is 37.5 Å². The molecule has 0 radical (unpaired) electrons. The molecule has 1 aromatic carbocycles. The van der Waals surface area contributed by atoms with Gasteiger partial charge in [-0.15, -0.1) is 0 Å². The third-order valence-electron chi connectivity index (χ3n) is 1.71. The molecule has 78 valence electrons. The van der Waals surface area contributed by atoms with E-state index in [-0.39, 0.29) is 5.69 Å². The molecule has 0 bridgehead atoms. The van der Waals surface area contributed by atoms with E-state index in [1.807, 2.05) is 0 Å². The first-order valence-corrected chi connectivity index (χ1v) is 5.49. The van der Waals surface area contributed by atoms with Crippen LogP contribution in [-0.2, 0) is 11.5 Å². The fourth-order valence-corrected chi connectivity index (χ4v) is 2.32. The van der Waals surface area contributed by atoms with Gasteiger partial charge in [0.25, 0.3) is 0 Å². The zero-order valence-corrected chi connectivity index (χ0v) is 10.0. The highest BCUT2D eigenvalue weighted by atomic mass is 79.9. The van der Waals surface area contributed by atoms with Gasteiger partial charge in [0.1, 0.15) is 0 Å². The third kappa shape index (κ3) is 2.23. The standard InChI is InChI=1S/C8H6Br2F3N/c9-3-4-1-2-5(8(11,12)13)7(14)6(4)10/h1-2H,3,14H2. The summed E-state index contributed by atoms with van der Waals surface area (Å²) in [5, 5.41) is 0.454. The summed E-state index contributed by atoms with van der Waals surface area (Å²) in [6.45, 7) is 0. The van der Waals surface area contributed by atoms with Gasteiger partial charge in [0.15, 0.2) is 0 Å². The van der Waals surface area contributed by atoms with E-state index in [9.17, 15) is 13.2 Å². The van der Waals surface area contributed by atoms with E-state index in [1.54, 1.807) is 0 Å². The summed E-state index contributed by atoms with van der Waals surface area (Å²) in [4.78, 5) is 0. The van der Waals surface area contributed by atoms with E-state index < -0.39 is 11.7 Å². The van der Waals surface area contributed by atoms with E-state index >= 15 is 0 Å². The number of benzene rings is 1. The molecule has 0 amide bonds. The van der Waals surface area contributed by atoms with Crippen LogP contribution in [0.25, 0.3) is 0 Å². The lowest BCUT2D eigenvalue weighted by Crippen LogP contribution is -2.09. The topological polar surface area (TPSA) is 26.0 Å². The van der Waals surface area contributed by atoms with Gasteiger partial charge in [-0.2, -0.15) is 13.2 Å². The zero-order valence-electron chi connectivity index (χ0n) is 6.83. The van der Waals surface area contributed by atoms with E-state index in [0.29, 0.717) is 15.4 Å². The number of alkyl halides is 4. The van der Waals surface area contributed by atoms with Crippen LogP contribution in [0.1, 0.15) is 11.1 Å². The van der Waals surface area contributed by atoms with Crippen molar-refractivity contribution in [2.75, 3.05) is 5.73 Å². The molecule has 0 aliphatic heterocycles. The molecule has 0 spiro atoms. The van der Waals surface area contributed by atoms with E-state index in [1.165, 1.54) is 6.07 Å². The van der Waals surface area contributed by atoms with Gasteiger partial charge in [-0.05, 0) is 27.6 Å². The van der Waals surface area contributed by atoms with Crippen molar-refractivity contribution in [1.82, 2.24) is 0 Å². The van der Waals surface area contributed by atoms with E-state index in [0.717, 1.165) is 6.07 Å². The Labute approximate surface area is 95.7 Å². The molecule has 0 fully saturated rings. The number of hydrogen-bond acceptors (Lipinski definition) is 1. The monoisotopic (exact) mass is 331 g/mol. The summed E-state index contributed by atoms with van der Waals surface area (Å²) >= 11 is 6.18. The Bertz CT molecular complexity index is 349. The lowest BCUT2D eigenvalue weighted by Gasteiger charge is -2.12. The lowest BCUT2D eigenvalue weighted by molar-refractivity contribution is -0.136. The predicted octanol–water partition coefficient (Wildman–Crippen LogP) is 3.95. The third-order valence-corrected chi connectivity index (χ3v) is 3.25. The van der Waals surface area contributed by atoms with Crippen molar-refractivity contribution in [3.05, 3.63) is 27.7 Å². The first-order chi connectivity index (χ1) is 6.38. The first-order valence-electron chi connectivity index (χ1n) is 3.58. The van der Waals surface area contributed by atoms with Crippen LogP contribution < -0.4 is 5.73 Å². The SMILES string of the molecule is Nc1c(C(F)(F)F)ccc(CBr)c1Br.